The van der Waals surface area contributed by atoms with Gasteiger partial charge < -0.3 is 0 Å². The lowest BCUT2D eigenvalue weighted by Crippen LogP contribution is -2.23. The van der Waals surface area contributed by atoms with Gasteiger partial charge in [-0.25, -0.2) is 0 Å². The Morgan fingerprint density at radius 3 is 2.64 bits per heavy atom. The topological polar surface area (TPSA) is 43.4 Å². The Kier molecular flexibility index (Phi) is 4.13. The van der Waals surface area contributed by atoms with Crippen molar-refractivity contribution in [1.82, 2.24) is 0 Å². The zero-order valence-electron chi connectivity index (χ0n) is 8.61. The molecule has 2 atom stereocenters. The van der Waals surface area contributed by atoms with Crippen molar-refractivity contribution in [1.29, 1.82) is 0 Å². The van der Waals surface area contributed by atoms with Gasteiger partial charge >= 0.3 is 0 Å². The Morgan fingerprint density at radius 2 is 2.07 bits per heavy atom. The molecule has 0 aromatic rings. The summed E-state index contributed by atoms with van der Waals surface area (Å²) in [6.45, 7) is 4.09. The van der Waals surface area contributed by atoms with Crippen LogP contribution < -0.4 is 0 Å². The fourth-order valence-electron chi connectivity index (χ4n) is 1.96. The first kappa shape index (κ1) is 11.7. The Labute approximate surface area is 86.3 Å². The van der Waals surface area contributed by atoms with E-state index in [-0.39, 0.29) is 0 Å². The van der Waals surface area contributed by atoms with Gasteiger partial charge in [-0.3, -0.25) is 4.18 Å². The zero-order valence-corrected chi connectivity index (χ0v) is 9.42. The quantitative estimate of drug-likeness (QED) is 0.535. The molecule has 0 aromatic heterocycles. The van der Waals surface area contributed by atoms with Crippen molar-refractivity contribution >= 4 is 10.1 Å². The minimum Gasteiger partial charge on any atom is -0.270 e. The van der Waals surface area contributed by atoms with Crippen molar-refractivity contribution in [3.8, 4) is 0 Å². The van der Waals surface area contributed by atoms with Gasteiger partial charge in [-0.15, -0.1) is 6.58 Å². The zero-order chi connectivity index (χ0) is 10.6. The van der Waals surface area contributed by atoms with Gasteiger partial charge in [0.2, 0.25) is 0 Å². The van der Waals surface area contributed by atoms with Crippen molar-refractivity contribution in [3.05, 3.63) is 12.7 Å². The van der Waals surface area contributed by atoms with E-state index in [4.69, 9.17) is 4.18 Å². The molecule has 0 heterocycles. The van der Waals surface area contributed by atoms with E-state index in [0.29, 0.717) is 18.4 Å². The Hall–Kier alpha value is -0.350. The van der Waals surface area contributed by atoms with Crippen molar-refractivity contribution < 1.29 is 12.6 Å². The summed E-state index contributed by atoms with van der Waals surface area (Å²) in [4.78, 5) is 0. The van der Waals surface area contributed by atoms with Gasteiger partial charge in [0.1, 0.15) is 0 Å². The Balaban J connectivity index is 2.45. The number of rotatable bonds is 4. The third-order valence-electron chi connectivity index (χ3n) is 2.77. The van der Waals surface area contributed by atoms with E-state index in [1.54, 1.807) is 0 Å². The van der Waals surface area contributed by atoms with E-state index in [1.165, 1.54) is 12.8 Å². The predicted molar refractivity (Wildman–Crippen MR) is 56.4 cm³/mol. The molecule has 0 aromatic carbocycles. The SMILES string of the molecule is C=C[C@@H]1CCCCC1COS(C)(=O)=O. The van der Waals surface area contributed by atoms with Crippen LogP contribution in [0.3, 0.4) is 0 Å². The Bertz CT molecular complexity index is 282. The van der Waals surface area contributed by atoms with Gasteiger partial charge in [-0.2, -0.15) is 8.42 Å². The molecule has 1 aliphatic carbocycles. The minimum atomic E-state index is -3.29. The molecule has 1 saturated carbocycles. The van der Waals surface area contributed by atoms with Crippen LogP contribution in [0.1, 0.15) is 25.7 Å². The van der Waals surface area contributed by atoms with Crippen LogP contribution in [-0.4, -0.2) is 21.3 Å². The molecular weight excluding hydrogens is 200 g/mol. The van der Waals surface area contributed by atoms with Gasteiger partial charge in [0.25, 0.3) is 10.1 Å². The number of hydrogen-bond acceptors (Lipinski definition) is 3. The molecule has 0 amide bonds. The molecule has 0 saturated heterocycles. The Morgan fingerprint density at radius 1 is 1.43 bits per heavy atom. The highest BCUT2D eigenvalue weighted by atomic mass is 32.2. The summed E-state index contributed by atoms with van der Waals surface area (Å²) in [7, 11) is -3.29. The van der Waals surface area contributed by atoms with Gasteiger partial charge in [-0.05, 0) is 24.7 Å². The van der Waals surface area contributed by atoms with E-state index in [2.05, 4.69) is 6.58 Å². The van der Waals surface area contributed by atoms with E-state index in [0.717, 1.165) is 19.1 Å². The largest absolute Gasteiger partial charge is 0.270 e. The molecule has 1 fully saturated rings. The number of hydrogen-bond donors (Lipinski definition) is 0. The summed E-state index contributed by atoms with van der Waals surface area (Å²) in [6.07, 6.45) is 7.57. The first-order valence-corrected chi connectivity index (χ1v) is 6.81. The first-order chi connectivity index (χ1) is 6.53. The fourth-order valence-corrected chi connectivity index (χ4v) is 2.39. The van der Waals surface area contributed by atoms with Crippen molar-refractivity contribution in [2.24, 2.45) is 11.8 Å². The molecular formula is C10H18O3S. The lowest BCUT2D eigenvalue weighted by molar-refractivity contribution is 0.179. The highest BCUT2D eigenvalue weighted by Gasteiger charge is 2.23. The van der Waals surface area contributed by atoms with Crippen LogP contribution >= 0.6 is 0 Å². The van der Waals surface area contributed by atoms with Crippen molar-refractivity contribution in [2.75, 3.05) is 12.9 Å². The fraction of sp³-hybridized carbons (Fsp3) is 0.800. The van der Waals surface area contributed by atoms with Gasteiger partial charge in [0, 0.05) is 0 Å². The summed E-state index contributed by atoms with van der Waals surface area (Å²) in [5, 5.41) is 0. The maximum Gasteiger partial charge on any atom is 0.264 e. The molecule has 1 rings (SSSR count). The van der Waals surface area contributed by atoms with Crippen LogP contribution in [0.4, 0.5) is 0 Å². The third-order valence-corrected chi connectivity index (χ3v) is 3.33. The number of allylic oxidation sites excluding steroid dienone is 1. The molecule has 0 N–H and O–H groups in total. The van der Waals surface area contributed by atoms with Crippen LogP contribution in [-0.2, 0) is 14.3 Å². The minimum absolute atomic E-state index is 0.315. The molecule has 0 radical (unpaired) electrons. The summed E-state index contributed by atoms with van der Waals surface area (Å²) in [6, 6.07) is 0. The molecule has 3 nitrogen and oxygen atoms in total. The van der Waals surface area contributed by atoms with Crippen LogP contribution in [0.15, 0.2) is 12.7 Å². The van der Waals surface area contributed by atoms with Crippen LogP contribution in [0, 0.1) is 11.8 Å². The normalized spacial score (nSPS) is 28.6. The molecule has 14 heavy (non-hydrogen) atoms. The van der Waals surface area contributed by atoms with E-state index in [1.807, 2.05) is 6.08 Å². The van der Waals surface area contributed by atoms with Crippen molar-refractivity contribution in [3.63, 3.8) is 0 Å². The molecule has 1 unspecified atom stereocenters. The molecule has 0 spiro atoms. The maximum atomic E-state index is 10.8. The average Bonchev–Trinajstić information content (AvgIpc) is 2.14. The van der Waals surface area contributed by atoms with E-state index >= 15 is 0 Å². The summed E-state index contributed by atoms with van der Waals surface area (Å²) in [5.74, 6) is 0.751. The predicted octanol–water partition coefficient (Wildman–Crippen LogP) is 1.96. The smallest absolute Gasteiger partial charge is 0.264 e. The second-order valence-electron chi connectivity index (χ2n) is 3.93. The van der Waals surface area contributed by atoms with E-state index in [9.17, 15) is 8.42 Å². The molecule has 82 valence electrons. The van der Waals surface area contributed by atoms with Crippen LogP contribution in [0.25, 0.3) is 0 Å². The first-order valence-electron chi connectivity index (χ1n) is 5.00. The third kappa shape index (κ3) is 3.80. The highest BCUT2D eigenvalue weighted by Crippen LogP contribution is 2.31. The summed E-state index contributed by atoms with van der Waals surface area (Å²) < 4.78 is 26.5. The lowest BCUT2D eigenvalue weighted by Gasteiger charge is -2.28. The molecule has 1 aliphatic rings. The highest BCUT2D eigenvalue weighted by molar-refractivity contribution is 7.85. The standard InChI is InChI=1S/C10H18O3S/c1-3-9-6-4-5-7-10(9)8-13-14(2,11)12/h3,9-10H,1,4-8H2,2H3/t9-,10?/m1/s1. The van der Waals surface area contributed by atoms with Gasteiger partial charge in [0.15, 0.2) is 0 Å². The molecule has 0 bridgehead atoms. The monoisotopic (exact) mass is 218 g/mol. The average molecular weight is 218 g/mol. The van der Waals surface area contributed by atoms with Gasteiger partial charge in [-0.1, -0.05) is 18.9 Å². The summed E-state index contributed by atoms with van der Waals surface area (Å²) in [5.41, 5.74) is 0. The van der Waals surface area contributed by atoms with Crippen LogP contribution in [0.2, 0.25) is 0 Å². The molecule has 0 aliphatic heterocycles. The lowest BCUT2D eigenvalue weighted by atomic mass is 9.80. The maximum absolute atomic E-state index is 10.8. The van der Waals surface area contributed by atoms with E-state index < -0.39 is 10.1 Å². The second-order valence-corrected chi connectivity index (χ2v) is 5.58. The van der Waals surface area contributed by atoms with Crippen molar-refractivity contribution in [2.45, 2.75) is 25.7 Å². The second kappa shape index (κ2) is 4.94. The molecule has 4 heteroatoms. The van der Waals surface area contributed by atoms with Crippen LogP contribution in [0.5, 0.6) is 0 Å². The van der Waals surface area contributed by atoms with Gasteiger partial charge in [0.05, 0.1) is 12.9 Å². The summed E-state index contributed by atoms with van der Waals surface area (Å²) >= 11 is 0.